The number of halogens is 3. The number of carboxylic acid groups (broad SMARTS) is 1. The smallest absolute Gasteiger partial charge is 0.471 e. The molecule has 4 nitrogen and oxygen atoms in total. The van der Waals surface area contributed by atoms with Gasteiger partial charge in [0.05, 0.1) is 5.92 Å². The molecular weight excluding hydrogens is 239 g/mol. The first-order valence-corrected chi connectivity index (χ1v) is 5.25. The molecule has 17 heavy (non-hydrogen) atoms. The van der Waals surface area contributed by atoms with Crippen molar-refractivity contribution in [2.75, 3.05) is 6.54 Å². The highest BCUT2D eigenvalue weighted by atomic mass is 19.4. The fourth-order valence-corrected chi connectivity index (χ4v) is 2.13. The number of likely N-dealkylation sites (tertiary alicyclic amines) is 1. The maximum atomic E-state index is 12.3. The van der Waals surface area contributed by atoms with Gasteiger partial charge in [-0.15, -0.1) is 0 Å². The summed E-state index contributed by atoms with van der Waals surface area (Å²) in [6.45, 7) is 2.81. The Bertz CT molecular complexity index is 329. The molecule has 7 heteroatoms. The zero-order valence-corrected chi connectivity index (χ0v) is 9.49. The van der Waals surface area contributed by atoms with Crippen LogP contribution < -0.4 is 0 Å². The van der Waals surface area contributed by atoms with E-state index >= 15 is 0 Å². The van der Waals surface area contributed by atoms with Gasteiger partial charge in [-0.1, -0.05) is 6.92 Å². The number of aliphatic carboxylic acids is 1. The fraction of sp³-hybridized carbons (Fsp3) is 0.800. The Labute approximate surface area is 96.4 Å². The second-order valence-electron chi connectivity index (χ2n) is 4.46. The van der Waals surface area contributed by atoms with E-state index in [1.54, 1.807) is 6.92 Å². The number of piperidine rings is 1. The van der Waals surface area contributed by atoms with Crippen LogP contribution in [0.4, 0.5) is 13.2 Å². The van der Waals surface area contributed by atoms with Gasteiger partial charge in [-0.2, -0.15) is 13.2 Å². The third-order valence-electron chi connectivity index (χ3n) is 3.12. The molecule has 0 aromatic heterocycles. The molecule has 0 saturated carbocycles. The lowest BCUT2D eigenvalue weighted by Gasteiger charge is -2.40. The quantitative estimate of drug-likeness (QED) is 0.770. The molecule has 98 valence electrons. The molecule has 0 spiro atoms. The Hall–Kier alpha value is -1.27. The van der Waals surface area contributed by atoms with Crippen molar-refractivity contribution in [1.29, 1.82) is 0 Å². The number of hydrogen-bond donors (Lipinski definition) is 1. The predicted octanol–water partition coefficient (Wildman–Crippen LogP) is 1.51. The van der Waals surface area contributed by atoms with Crippen LogP contribution >= 0.6 is 0 Å². The summed E-state index contributed by atoms with van der Waals surface area (Å²) in [4.78, 5) is 22.7. The van der Waals surface area contributed by atoms with Gasteiger partial charge in [0, 0.05) is 12.6 Å². The van der Waals surface area contributed by atoms with Crippen LogP contribution in [0.3, 0.4) is 0 Å². The van der Waals surface area contributed by atoms with Crippen molar-refractivity contribution < 1.29 is 27.9 Å². The van der Waals surface area contributed by atoms with Crippen molar-refractivity contribution in [3.63, 3.8) is 0 Å². The van der Waals surface area contributed by atoms with Crippen molar-refractivity contribution in [3.05, 3.63) is 0 Å². The molecule has 0 aliphatic carbocycles. The molecule has 0 bridgehead atoms. The second-order valence-corrected chi connectivity index (χ2v) is 4.46. The highest BCUT2D eigenvalue weighted by Crippen LogP contribution is 2.31. The lowest BCUT2D eigenvalue weighted by molar-refractivity contribution is -0.191. The Balaban J connectivity index is 2.81. The molecule has 3 atom stereocenters. The lowest BCUT2D eigenvalue weighted by Crippen LogP contribution is -2.53. The monoisotopic (exact) mass is 253 g/mol. The van der Waals surface area contributed by atoms with Crippen LogP contribution in [0.15, 0.2) is 0 Å². The molecule has 1 heterocycles. The van der Waals surface area contributed by atoms with Gasteiger partial charge in [0.15, 0.2) is 0 Å². The molecule has 1 saturated heterocycles. The van der Waals surface area contributed by atoms with Gasteiger partial charge in [0.2, 0.25) is 0 Å². The van der Waals surface area contributed by atoms with Crippen LogP contribution in [0.5, 0.6) is 0 Å². The number of alkyl halides is 3. The van der Waals surface area contributed by atoms with E-state index in [1.807, 2.05) is 0 Å². The zero-order chi connectivity index (χ0) is 13.4. The Kier molecular flexibility index (Phi) is 3.68. The average Bonchev–Trinajstić information content (AvgIpc) is 2.18. The van der Waals surface area contributed by atoms with Crippen LogP contribution in [-0.4, -0.2) is 40.6 Å². The maximum absolute atomic E-state index is 12.3. The van der Waals surface area contributed by atoms with E-state index in [2.05, 4.69) is 0 Å². The third kappa shape index (κ3) is 2.89. The molecule has 1 fully saturated rings. The summed E-state index contributed by atoms with van der Waals surface area (Å²) in [5.74, 6) is -4.08. The van der Waals surface area contributed by atoms with Gasteiger partial charge in [-0.25, -0.2) is 0 Å². The van der Waals surface area contributed by atoms with E-state index in [0.29, 0.717) is 4.90 Å². The molecule has 1 rings (SSSR count). The second kappa shape index (κ2) is 4.54. The molecule has 0 aromatic carbocycles. The van der Waals surface area contributed by atoms with Gasteiger partial charge in [-0.3, -0.25) is 9.59 Å². The number of carboxylic acids is 1. The van der Waals surface area contributed by atoms with Gasteiger partial charge < -0.3 is 10.0 Å². The lowest BCUT2D eigenvalue weighted by atomic mass is 9.83. The third-order valence-corrected chi connectivity index (χ3v) is 3.12. The molecule has 3 unspecified atom stereocenters. The molecule has 0 aromatic rings. The predicted molar refractivity (Wildman–Crippen MR) is 52.1 cm³/mol. The van der Waals surface area contributed by atoms with E-state index < -0.39 is 35.9 Å². The molecular formula is C10H14F3NO3. The average molecular weight is 253 g/mol. The van der Waals surface area contributed by atoms with Crippen molar-refractivity contribution in [3.8, 4) is 0 Å². The summed E-state index contributed by atoms with van der Waals surface area (Å²) < 4.78 is 36.8. The Morgan fingerprint density at radius 3 is 2.24 bits per heavy atom. The fourth-order valence-electron chi connectivity index (χ4n) is 2.13. The van der Waals surface area contributed by atoms with E-state index in [9.17, 15) is 22.8 Å². The summed E-state index contributed by atoms with van der Waals surface area (Å²) in [5, 5.41) is 8.89. The van der Waals surface area contributed by atoms with Crippen LogP contribution in [0.25, 0.3) is 0 Å². The van der Waals surface area contributed by atoms with Gasteiger partial charge >= 0.3 is 18.1 Å². The van der Waals surface area contributed by atoms with E-state index in [1.165, 1.54) is 6.92 Å². The minimum absolute atomic E-state index is 0.0539. The standard InChI is InChI=1S/C10H14F3NO3/c1-5-4-14(9(17)10(11,12)13)6(2)3-7(5)8(15)16/h5-7H,3-4H2,1-2H3,(H,15,16). The normalized spacial score (nSPS) is 30.2. The minimum Gasteiger partial charge on any atom is -0.481 e. The first-order valence-electron chi connectivity index (χ1n) is 5.25. The first kappa shape index (κ1) is 13.8. The number of hydrogen-bond acceptors (Lipinski definition) is 2. The molecule has 1 N–H and O–H groups in total. The maximum Gasteiger partial charge on any atom is 0.471 e. The molecule has 0 radical (unpaired) electrons. The van der Waals surface area contributed by atoms with Gasteiger partial charge in [0.1, 0.15) is 0 Å². The number of carbonyl (C=O) groups is 2. The van der Waals surface area contributed by atoms with Gasteiger partial charge in [0.25, 0.3) is 0 Å². The molecule has 1 amide bonds. The van der Waals surface area contributed by atoms with Crippen molar-refractivity contribution in [1.82, 2.24) is 4.90 Å². The van der Waals surface area contributed by atoms with Crippen LogP contribution in [0.1, 0.15) is 20.3 Å². The first-order chi connectivity index (χ1) is 7.64. The number of carbonyl (C=O) groups excluding carboxylic acids is 1. The number of amides is 1. The number of nitrogens with zero attached hydrogens (tertiary/aromatic N) is 1. The van der Waals surface area contributed by atoms with Crippen molar-refractivity contribution in [2.24, 2.45) is 11.8 Å². The summed E-state index contributed by atoms with van der Waals surface area (Å²) in [6.07, 6.45) is -4.84. The van der Waals surface area contributed by atoms with Crippen molar-refractivity contribution in [2.45, 2.75) is 32.5 Å². The number of rotatable bonds is 1. The largest absolute Gasteiger partial charge is 0.481 e. The topological polar surface area (TPSA) is 57.6 Å². The van der Waals surface area contributed by atoms with Crippen molar-refractivity contribution >= 4 is 11.9 Å². The van der Waals surface area contributed by atoms with E-state index in [0.717, 1.165) is 0 Å². The summed E-state index contributed by atoms with van der Waals surface area (Å²) >= 11 is 0. The van der Waals surface area contributed by atoms with E-state index in [-0.39, 0.29) is 13.0 Å². The van der Waals surface area contributed by atoms with Crippen LogP contribution in [-0.2, 0) is 9.59 Å². The molecule has 1 aliphatic heterocycles. The zero-order valence-electron chi connectivity index (χ0n) is 9.49. The molecule has 1 aliphatic rings. The summed E-state index contributed by atoms with van der Waals surface area (Å²) in [5.41, 5.74) is 0. The Morgan fingerprint density at radius 1 is 1.29 bits per heavy atom. The Morgan fingerprint density at radius 2 is 1.82 bits per heavy atom. The minimum atomic E-state index is -4.90. The summed E-state index contributed by atoms with van der Waals surface area (Å²) in [7, 11) is 0. The highest BCUT2D eigenvalue weighted by molar-refractivity contribution is 5.82. The highest BCUT2D eigenvalue weighted by Gasteiger charge is 2.47. The van der Waals surface area contributed by atoms with E-state index in [4.69, 9.17) is 5.11 Å². The van der Waals surface area contributed by atoms with Crippen LogP contribution in [0, 0.1) is 11.8 Å². The van der Waals surface area contributed by atoms with Gasteiger partial charge in [-0.05, 0) is 19.3 Å². The van der Waals surface area contributed by atoms with Crippen LogP contribution in [0.2, 0.25) is 0 Å². The summed E-state index contributed by atoms with van der Waals surface area (Å²) in [6, 6.07) is -0.707. The SMILES string of the molecule is CC1CN(C(=O)C(F)(F)F)C(C)CC1C(=O)O.